The lowest BCUT2D eigenvalue weighted by molar-refractivity contribution is -0.170. The van der Waals surface area contributed by atoms with E-state index in [0.29, 0.717) is 18.4 Å². The number of fused-ring (bicyclic) bond motifs is 5. The van der Waals surface area contributed by atoms with Crippen LogP contribution < -0.4 is 0 Å². The number of allylic oxidation sites excluding steroid dienone is 1. The summed E-state index contributed by atoms with van der Waals surface area (Å²) in [5, 5.41) is 0. The highest BCUT2D eigenvalue weighted by Gasteiger charge is 2.73. The van der Waals surface area contributed by atoms with Crippen molar-refractivity contribution in [1.29, 1.82) is 0 Å². The summed E-state index contributed by atoms with van der Waals surface area (Å²) in [7, 11) is 0. The Kier molecular flexibility index (Phi) is 5.55. The minimum Gasteiger partial charge on any atom is -0.458 e. The van der Waals surface area contributed by atoms with Crippen LogP contribution in [0.2, 0.25) is 0 Å². The Balaban J connectivity index is 1.60. The SMILES string of the molecule is C=C1C(OC(=O)CC(C)C)C2OC2C2(C)CCC3C(OC(=O)C3(C)OC(=O)C(C)=CC)C12. The van der Waals surface area contributed by atoms with E-state index in [9.17, 15) is 14.4 Å². The molecule has 0 aromatic carbocycles. The molecule has 32 heavy (non-hydrogen) atoms. The fourth-order valence-electron chi connectivity index (χ4n) is 5.93. The van der Waals surface area contributed by atoms with Gasteiger partial charge in [-0.1, -0.05) is 33.4 Å². The molecular formula is C25H34O7. The van der Waals surface area contributed by atoms with Gasteiger partial charge in [-0.3, -0.25) is 4.79 Å². The molecule has 7 heteroatoms. The third-order valence-electron chi connectivity index (χ3n) is 7.92. The van der Waals surface area contributed by atoms with Crippen molar-refractivity contribution in [3.63, 3.8) is 0 Å². The van der Waals surface area contributed by atoms with E-state index >= 15 is 0 Å². The van der Waals surface area contributed by atoms with E-state index < -0.39 is 29.7 Å². The van der Waals surface area contributed by atoms with Gasteiger partial charge in [0.25, 0.3) is 0 Å². The Morgan fingerprint density at radius 1 is 1.28 bits per heavy atom. The first-order valence-corrected chi connectivity index (χ1v) is 11.5. The summed E-state index contributed by atoms with van der Waals surface area (Å²) >= 11 is 0. The van der Waals surface area contributed by atoms with E-state index in [1.807, 2.05) is 13.8 Å². The maximum atomic E-state index is 13.0. The second kappa shape index (κ2) is 7.72. The van der Waals surface area contributed by atoms with Gasteiger partial charge in [-0.2, -0.15) is 0 Å². The summed E-state index contributed by atoms with van der Waals surface area (Å²) in [6.07, 6.45) is 2.09. The maximum Gasteiger partial charge on any atom is 0.351 e. The van der Waals surface area contributed by atoms with Crippen LogP contribution in [0.15, 0.2) is 23.8 Å². The van der Waals surface area contributed by atoms with Crippen molar-refractivity contribution in [2.45, 2.75) is 90.8 Å². The minimum absolute atomic E-state index is 0.0748. The lowest BCUT2D eigenvalue weighted by atomic mass is 9.54. The smallest absolute Gasteiger partial charge is 0.351 e. The molecule has 176 valence electrons. The minimum atomic E-state index is -1.36. The van der Waals surface area contributed by atoms with Crippen molar-refractivity contribution in [3.8, 4) is 0 Å². The Labute approximate surface area is 189 Å². The first kappa shape index (κ1) is 23.0. The molecule has 8 atom stereocenters. The number of carbonyl (C=O) groups is 3. The zero-order valence-electron chi connectivity index (χ0n) is 19.8. The normalized spacial score (nSPS) is 42.5. The van der Waals surface area contributed by atoms with Crippen LogP contribution in [0.5, 0.6) is 0 Å². The molecule has 4 aliphatic rings. The van der Waals surface area contributed by atoms with Gasteiger partial charge < -0.3 is 18.9 Å². The van der Waals surface area contributed by atoms with Crippen LogP contribution in [-0.2, 0) is 33.3 Å². The second-order valence-corrected chi connectivity index (χ2v) is 10.6. The van der Waals surface area contributed by atoms with Crippen molar-refractivity contribution in [3.05, 3.63) is 23.8 Å². The molecule has 2 saturated heterocycles. The molecule has 7 nitrogen and oxygen atoms in total. The maximum absolute atomic E-state index is 13.0. The quantitative estimate of drug-likeness (QED) is 0.210. The van der Waals surface area contributed by atoms with Gasteiger partial charge in [-0.05, 0) is 45.1 Å². The molecule has 0 aromatic rings. The van der Waals surface area contributed by atoms with Crippen LogP contribution in [0.25, 0.3) is 0 Å². The van der Waals surface area contributed by atoms with Gasteiger partial charge >= 0.3 is 17.9 Å². The molecule has 0 spiro atoms. The van der Waals surface area contributed by atoms with E-state index in [0.717, 1.165) is 12.0 Å². The highest BCUT2D eigenvalue weighted by atomic mass is 16.6. The Morgan fingerprint density at radius 2 is 1.97 bits per heavy atom. The van der Waals surface area contributed by atoms with Gasteiger partial charge in [0.15, 0.2) is 6.10 Å². The zero-order valence-corrected chi connectivity index (χ0v) is 19.8. The summed E-state index contributed by atoms with van der Waals surface area (Å²) in [6, 6.07) is 0. The van der Waals surface area contributed by atoms with Crippen LogP contribution in [0.1, 0.15) is 60.8 Å². The van der Waals surface area contributed by atoms with E-state index in [1.165, 1.54) is 0 Å². The van der Waals surface area contributed by atoms with Gasteiger partial charge in [0, 0.05) is 29.2 Å². The highest BCUT2D eigenvalue weighted by molar-refractivity contribution is 5.92. The monoisotopic (exact) mass is 446 g/mol. The topological polar surface area (TPSA) is 91.4 Å². The Morgan fingerprint density at radius 3 is 2.59 bits per heavy atom. The van der Waals surface area contributed by atoms with Gasteiger partial charge in [0.05, 0.1) is 6.10 Å². The lowest BCUT2D eigenvalue weighted by Crippen LogP contribution is -2.56. The molecule has 0 amide bonds. The van der Waals surface area contributed by atoms with Crippen LogP contribution in [0.3, 0.4) is 0 Å². The standard InChI is InChI=1S/C25H34O7/c1-8-13(4)22(27)32-25(7)15-9-10-24(6)17(19(15)31-23(25)28)14(5)18(20-21(24)30-20)29-16(26)11-12(2)3/h8,12,15,17-21H,5,9-11H2,1-4,6-7H3. The molecule has 2 heterocycles. The van der Waals surface area contributed by atoms with Gasteiger partial charge in [-0.15, -0.1) is 0 Å². The number of esters is 3. The Hall–Kier alpha value is -2.15. The van der Waals surface area contributed by atoms with E-state index in [4.69, 9.17) is 18.9 Å². The molecule has 2 aliphatic heterocycles. The molecule has 0 aromatic heterocycles. The average Bonchev–Trinajstić information content (AvgIpc) is 3.47. The zero-order chi connectivity index (χ0) is 23.6. The predicted molar refractivity (Wildman–Crippen MR) is 115 cm³/mol. The van der Waals surface area contributed by atoms with Crippen molar-refractivity contribution >= 4 is 17.9 Å². The van der Waals surface area contributed by atoms with Crippen molar-refractivity contribution < 1.29 is 33.3 Å². The molecule has 0 bridgehead atoms. The number of rotatable bonds is 5. The van der Waals surface area contributed by atoms with Gasteiger partial charge in [-0.25, -0.2) is 9.59 Å². The van der Waals surface area contributed by atoms with Crippen LogP contribution in [0, 0.1) is 23.2 Å². The largest absolute Gasteiger partial charge is 0.458 e. The fourth-order valence-corrected chi connectivity index (χ4v) is 5.93. The third kappa shape index (κ3) is 3.40. The van der Waals surface area contributed by atoms with E-state index in [1.54, 1.807) is 26.8 Å². The molecular weight excluding hydrogens is 412 g/mol. The van der Waals surface area contributed by atoms with Crippen LogP contribution >= 0.6 is 0 Å². The summed E-state index contributed by atoms with van der Waals surface area (Å²) in [5.41, 5.74) is -0.472. The third-order valence-corrected chi connectivity index (χ3v) is 7.92. The summed E-state index contributed by atoms with van der Waals surface area (Å²) in [4.78, 5) is 37.9. The molecule has 4 fully saturated rings. The van der Waals surface area contributed by atoms with Gasteiger partial charge in [0.1, 0.15) is 12.2 Å². The molecule has 2 saturated carbocycles. The number of epoxide rings is 1. The second-order valence-electron chi connectivity index (χ2n) is 10.6. The van der Waals surface area contributed by atoms with Crippen molar-refractivity contribution in [2.24, 2.45) is 23.2 Å². The van der Waals surface area contributed by atoms with Crippen LogP contribution in [-0.4, -0.2) is 47.9 Å². The fraction of sp³-hybridized carbons (Fsp3) is 0.720. The van der Waals surface area contributed by atoms with Crippen molar-refractivity contribution in [1.82, 2.24) is 0 Å². The predicted octanol–water partition coefficient (Wildman–Crippen LogP) is 3.51. The van der Waals surface area contributed by atoms with Gasteiger partial charge in [0.2, 0.25) is 5.60 Å². The first-order valence-electron chi connectivity index (χ1n) is 11.5. The Bertz CT molecular complexity index is 889. The highest BCUT2D eigenvalue weighted by Crippen LogP contribution is 2.64. The first-order chi connectivity index (χ1) is 14.9. The summed E-state index contributed by atoms with van der Waals surface area (Å²) in [5.74, 6) is -1.69. The molecule has 2 aliphatic carbocycles. The van der Waals surface area contributed by atoms with E-state index in [2.05, 4.69) is 13.5 Å². The number of hydrogen-bond donors (Lipinski definition) is 0. The molecule has 0 N–H and O–H groups in total. The van der Waals surface area contributed by atoms with Crippen LogP contribution in [0.4, 0.5) is 0 Å². The van der Waals surface area contributed by atoms with E-state index in [-0.39, 0.29) is 41.3 Å². The van der Waals surface area contributed by atoms with Crippen molar-refractivity contribution in [2.75, 3.05) is 0 Å². The number of hydrogen-bond acceptors (Lipinski definition) is 7. The molecule has 8 unspecified atom stereocenters. The summed E-state index contributed by atoms with van der Waals surface area (Å²) in [6.45, 7) is 15.4. The number of ether oxygens (including phenoxy) is 4. The summed E-state index contributed by atoms with van der Waals surface area (Å²) < 4.78 is 23.4. The lowest BCUT2D eigenvalue weighted by Gasteiger charge is -2.50. The molecule has 4 rings (SSSR count). The number of carbonyl (C=O) groups excluding carboxylic acids is 3. The molecule has 0 radical (unpaired) electrons. The average molecular weight is 447 g/mol.